The molecule has 0 aliphatic heterocycles. The van der Waals surface area contributed by atoms with Gasteiger partial charge in [-0.1, -0.05) is 26.2 Å². The lowest BCUT2D eigenvalue weighted by Gasteiger charge is -2.34. The van der Waals surface area contributed by atoms with Crippen molar-refractivity contribution in [2.24, 2.45) is 23.5 Å². The molecular formula is C17H33ClN2O. The van der Waals surface area contributed by atoms with Crippen LogP contribution < -0.4 is 11.1 Å². The first-order chi connectivity index (χ1) is 9.59. The molecule has 2 saturated carbocycles. The van der Waals surface area contributed by atoms with Crippen LogP contribution in [-0.2, 0) is 4.79 Å². The molecule has 0 bridgehead atoms. The van der Waals surface area contributed by atoms with E-state index in [4.69, 9.17) is 5.73 Å². The van der Waals surface area contributed by atoms with E-state index in [1.54, 1.807) is 0 Å². The third kappa shape index (κ3) is 5.14. The van der Waals surface area contributed by atoms with Gasteiger partial charge in [-0.25, -0.2) is 0 Å². The number of rotatable bonds is 7. The van der Waals surface area contributed by atoms with Crippen LogP contribution in [0.3, 0.4) is 0 Å². The van der Waals surface area contributed by atoms with Gasteiger partial charge in [-0.05, 0) is 57.3 Å². The second-order valence-electron chi connectivity index (χ2n) is 7.24. The molecule has 2 fully saturated rings. The number of unbranched alkanes of at least 4 members (excludes halogenated alkanes) is 1. The maximum Gasteiger partial charge on any atom is 0.223 e. The van der Waals surface area contributed by atoms with E-state index in [0.717, 1.165) is 18.8 Å². The van der Waals surface area contributed by atoms with Crippen LogP contribution in [0, 0.1) is 17.8 Å². The van der Waals surface area contributed by atoms with Crippen molar-refractivity contribution in [2.45, 2.75) is 77.2 Å². The fourth-order valence-electron chi connectivity index (χ4n) is 3.63. The average Bonchev–Trinajstić information content (AvgIpc) is 3.30. The minimum atomic E-state index is -0.157. The first kappa shape index (κ1) is 18.8. The Bertz CT molecular complexity index is 325. The van der Waals surface area contributed by atoms with E-state index in [-0.39, 0.29) is 29.8 Å². The smallest absolute Gasteiger partial charge is 0.223 e. The zero-order valence-electron chi connectivity index (χ0n) is 13.7. The number of carbonyl (C=O) groups excluding carboxylic acids is 1. The minimum Gasteiger partial charge on any atom is -0.349 e. The highest BCUT2D eigenvalue weighted by molar-refractivity contribution is 5.85. The van der Waals surface area contributed by atoms with Crippen molar-refractivity contribution in [2.75, 3.05) is 6.54 Å². The molecule has 1 atom stereocenters. The van der Waals surface area contributed by atoms with Crippen LogP contribution in [0.25, 0.3) is 0 Å². The molecule has 2 aliphatic rings. The quantitative estimate of drug-likeness (QED) is 0.753. The summed E-state index contributed by atoms with van der Waals surface area (Å²) in [5, 5.41) is 3.27. The highest BCUT2D eigenvalue weighted by Gasteiger charge is 2.42. The van der Waals surface area contributed by atoms with Gasteiger partial charge < -0.3 is 11.1 Å². The van der Waals surface area contributed by atoms with Crippen LogP contribution in [0.4, 0.5) is 0 Å². The normalized spacial score (nSPS) is 28.3. The molecule has 0 aromatic heterocycles. The monoisotopic (exact) mass is 316 g/mol. The van der Waals surface area contributed by atoms with Crippen molar-refractivity contribution in [1.29, 1.82) is 0 Å². The minimum absolute atomic E-state index is 0. The fraction of sp³-hybridized carbons (Fsp3) is 0.941. The van der Waals surface area contributed by atoms with E-state index in [2.05, 4.69) is 19.2 Å². The molecule has 0 aromatic carbocycles. The highest BCUT2D eigenvalue weighted by atomic mass is 35.5. The van der Waals surface area contributed by atoms with Gasteiger partial charge in [-0.2, -0.15) is 0 Å². The van der Waals surface area contributed by atoms with Crippen LogP contribution in [0.15, 0.2) is 0 Å². The van der Waals surface area contributed by atoms with Gasteiger partial charge in [0.05, 0.1) is 5.54 Å². The topological polar surface area (TPSA) is 55.1 Å². The molecule has 124 valence electrons. The third-order valence-corrected chi connectivity index (χ3v) is 5.49. The molecule has 0 saturated heterocycles. The molecule has 2 rings (SSSR count). The maximum atomic E-state index is 12.5. The Kier molecular flexibility index (Phi) is 7.49. The second-order valence-corrected chi connectivity index (χ2v) is 7.24. The zero-order valence-corrected chi connectivity index (χ0v) is 14.5. The Balaban J connectivity index is 0.00000220. The summed E-state index contributed by atoms with van der Waals surface area (Å²) in [4.78, 5) is 12.5. The third-order valence-electron chi connectivity index (χ3n) is 5.49. The molecule has 21 heavy (non-hydrogen) atoms. The van der Waals surface area contributed by atoms with Gasteiger partial charge in [-0.15, -0.1) is 12.4 Å². The lowest BCUT2D eigenvalue weighted by molar-refractivity contribution is -0.128. The van der Waals surface area contributed by atoms with Crippen LogP contribution in [0.5, 0.6) is 0 Å². The van der Waals surface area contributed by atoms with Crippen molar-refractivity contribution in [3.8, 4) is 0 Å². The second kappa shape index (κ2) is 8.38. The summed E-state index contributed by atoms with van der Waals surface area (Å²) in [6.45, 7) is 4.94. The van der Waals surface area contributed by atoms with Crippen molar-refractivity contribution >= 4 is 18.3 Å². The molecular weight excluding hydrogens is 284 g/mol. The number of amides is 1. The number of nitrogens with two attached hydrogens (primary N) is 1. The van der Waals surface area contributed by atoms with Crippen molar-refractivity contribution in [3.05, 3.63) is 0 Å². The van der Waals surface area contributed by atoms with Crippen molar-refractivity contribution in [1.82, 2.24) is 5.32 Å². The molecule has 0 spiro atoms. The van der Waals surface area contributed by atoms with Gasteiger partial charge in [0.15, 0.2) is 0 Å². The van der Waals surface area contributed by atoms with Crippen LogP contribution >= 0.6 is 12.4 Å². The summed E-state index contributed by atoms with van der Waals surface area (Å²) in [5.74, 6) is 1.97. The summed E-state index contributed by atoms with van der Waals surface area (Å²) in [6.07, 6.45) is 11.0. The van der Waals surface area contributed by atoms with E-state index < -0.39 is 0 Å². The van der Waals surface area contributed by atoms with Crippen LogP contribution in [-0.4, -0.2) is 18.0 Å². The number of hydrogen-bond acceptors (Lipinski definition) is 2. The molecule has 4 heteroatoms. The summed E-state index contributed by atoms with van der Waals surface area (Å²) >= 11 is 0. The SMILES string of the molecule is CCCCC1CCC(C(=O)NC(C)(CN)C2CC2)CC1.Cl. The lowest BCUT2D eigenvalue weighted by atomic mass is 9.79. The van der Waals surface area contributed by atoms with Crippen LogP contribution in [0.1, 0.15) is 71.6 Å². The van der Waals surface area contributed by atoms with Gasteiger partial charge in [0.25, 0.3) is 0 Å². The highest BCUT2D eigenvalue weighted by Crippen LogP contribution is 2.39. The molecule has 0 heterocycles. The average molecular weight is 317 g/mol. The molecule has 2 aliphatic carbocycles. The number of carbonyl (C=O) groups is 1. The molecule has 0 aromatic rings. The first-order valence-electron chi connectivity index (χ1n) is 8.61. The van der Waals surface area contributed by atoms with E-state index in [1.807, 2.05) is 0 Å². The number of nitrogens with one attached hydrogen (secondary N) is 1. The van der Waals surface area contributed by atoms with Gasteiger partial charge in [0.2, 0.25) is 5.91 Å². The number of hydrogen-bond donors (Lipinski definition) is 2. The molecule has 0 radical (unpaired) electrons. The predicted octanol–water partition coefficient (Wildman–Crippen LogP) is 3.65. The summed E-state index contributed by atoms with van der Waals surface area (Å²) < 4.78 is 0. The van der Waals surface area contributed by atoms with E-state index in [1.165, 1.54) is 44.9 Å². The first-order valence-corrected chi connectivity index (χ1v) is 8.61. The predicted molar refractivity (Wildman–Crippen MR) is 90.5 cm³/mol. The van der Waals surface area contributed by atoms with E-state index in [9.17, 15) is 4.79 Å². The van der Waals surface area contributed by atoms with E-state index >= 15 is 0 Å². The van der Waals surface area contributed by atoms with Gasteiger partial charge in [-0.3, -0.25) is 4.79 Å². The van der Waals surface area contributed by atoms with Crippen molar-refractivity contribution in [3.63, 3.8) is 0 Å². The molecule has 1 unspecified atom stereocenters. The van der Waals surface area contributed by atoms with Crippen LogP contribution in [0.2, 0.25) is 0 Å². The van der Waals surface area contributed by atoms with Crippen molar-refractivity contribution < 1.29 is 4.79 Å². The van der Waals surface area contributed by atoms with Gasteiger partial charge in [0.1, 0.15) is 0 Å². The summed E-state index contributed by atoms with van der Waals surface area (Å²) in [5.41, 5.74) is 5.73. The maximum absolute atomic E-state index is 12.5. The standard InChI is InChI=1S/C17H32N2O.ClH/c1-3-4-5-13-6-8-14(9-7-13)16(20)19-17(2,12-18)15-10-11-15;/h13-15H,3-12,18H2,1-2H3,(H,19,20);1H. The summed E-state index contributed by atoms with van der Waals surface area (Å²) in [6, 6.07) is 0. The number of halogens is 1. The Morgan fingerprint density at radius 3 is 2.29 bits per heavy atom. The van der Waals surface area contributed by atoms with Gasteiger partial charge >= 0.3 is 0 Å². The van der Waals surface area contributed by atoms with E-state index in [0.29, 0.717) is 12.5 Å². The molecule has 3 nitrogen and oxygen atoms in total. The Morgan fingerprint density at radius 1 is 1.19 bits per heavy atom. The van der Waals surface area contributed by atoms with Gasteiger partial charge in [0, 0.05) is 12.5 Å². The summed E-state index contributed by atoms with van der Waals surface area (Å²) in [7, 11) is 0. The Morgan fingerprint density at radius 2 is 1.81 bits per heavy atom. The molecule has 3 N–H and O–H groups in total. The Labute approximate surface area is 136 Å². The Hall–Kier alpha value is -0.280. The zero-order chi connectivity index (χ0) is 14.6. The lowest BCUT2D eigenvalue weighted by Crippen LogP contribution is -2.54. The molecule has 1 amide bonds. The fourth-order valence-corrected chi connectivity index (χ4v) is 3.63. The largest absolute Gasteiger partial charge is 0.349 e.